The fraction of sp³-hybridized carbons (Fsp3) is 0.148. The van der Waals surface area contributed by atoms with Gasteiger partial charge in [0.2, 0.25) is 0 Å². The summed E-state index contributed by atoms with van der Waals surface area (Å²) in [6.07, 6.45) is 0. The Hall–Kier alpha value is -6.58. The Morgan fingerprint density at radius 2 is 0.754 bits per heavy atom. The van der Waals surface area contributed by atoms with Gasteiger partial charge in [0, 0.05) is 38.6 Å². The smallest absolute Gasteiger partial charge is 0.160 e. The molecule has 9 rings (SSSR count). The van der Waals surface area contributed by atoms with E-state index in [4.69, 9.17) is 9.97 Å². The van der Waals surface area contributed by atoms with Crippen molar-refractivity contribution in [3.8, 4) is 61.8 Å². The summed E-state index contributed by atoms with van der Waals surface area (Å²) in [5, 5.41) is 2.53. The Morgan fingerprint density at radius 1 is 0.368 bits per heavy atom. The molecular formula is C54H47N3. The molecule has 0 saturated heterocycles. The van der Waals surface area contributed by atoms with E-state index in [1.165, 1.54) is 32.9 Å². The van der Waals surface area contributed by atoms with Crippen molar-refractivity contribution < 1.29 is 0 Å². The summed E-state index contributed by atoms with van der Waals surface area (Å²) in [5.74, 6) is 0.699. The van der Waals surface area contributed by atoms with E-state index in [1.54, 1.807) is 0 Å². The van der Waals surface area contributed by atoms with Crippen LogP contribution in [0.2, 0.25) is 0 Å². The molecule has 0 spiro atoms. The van der Waals surface area contributed by atoms with E-state index < -0.39 is 0 Å². The minimum atomic E-state index is 0.00500. The molecule has 0 radical (unpaired) electrons. The van der Waals surface area contributed by atoms with Crippen LogP contribution in [-0.2, 0) is 10.8 Å². The molecule has 0 N–H and O–H groups in total. The van der Waals surface area contributed by atoms with E-state index in [-0.39, 0.29) is 10.8 Å². The maximum Gasteiger partial charge on any atom is 0.160 e. The second-order valence-corrected chi connectivity index (χ2v) is 17.1. The summed E-state index contributed by atoms with van der Waals surface area (Å²) < 4.78 is 2.52. The summed E-state index contributed by atoms with van der Waals surface area (Å²) in [4.78, 5) is 10.4. The van der Waals surface area contributed by atoms with Crippen LogP contribution in [0.3, 0.4) is 0 Å². The first-order valence-electron chi connectivity index (χ1n) is 19.9. The van der Waals surface area contributed by atoms with E-state index in [1.807, 2.05) is 24.3 Å². The van der Waals surface area contributed by atoms with Gasteiger partial charge >= 0.3 is 0 Å². The summed E-state index contributed by atoms with van der Waals surface area (Å²) >= 11 is 0. The molecule has 7 aromatic carbocycles. The summed E-state index contributed by atoms with van der Waals surface area (Å²) in [5.41, 5.74) is 15.5. The van der Waals surface area contributed by atoms with E-state index in [0.717, 1.165) is 56.0 Å². The summed E-state index contributed by atoms with van der Waals surface area (Å²) in [6.45, 7) is 13.8. The number of fused-ring (bicyclic) bond motifs is 3. The van der Waals surface area contributed by atoms with Crippen LogP contribution in [0, 0.1) is 0 Å². The van der Waals surface area contributed by atoms with Crippen molar-refractivity contribution in [1.29, 1.82) is 0 Å². The molecule has 0 fully saturated rings. The van der Waals surface area contributed by atoms with Gasteiger partial charge in [-0.1, -0.05) is 175 Å². The molecule has 0 amide bonds. The molecule has 9 aromatic rings. The first-order chi connectivity index (χ1) is 27.5. The van der Waals surface area contributed by atoms with Crippen molar-refractivity contribution >= 4 is 21.8 Å². The lowest BCUT2D eigenvalue weighted by molar-refractivity contribution is 0.590. The molecule has 0 aliphatic rings. The van der Waals surface area contributed by atoms with Crippen LogP contribution in [-0.4, -0.2) is 14.5 Å². The number of benzene rings is 7. The molecule has 0 saturated carbocycles. The van der Waals surface area contributed by atoms with Crippen LogP contribution in [0.4, 0.5) is 0 Å². The first kappa shape index (κ1) is 36.1. The molecule has 0 atom stereocenters. The van der Waals surface area contributed by atoms with Gasteiger partial charge < -0.3 is 4.57 Å². The molecule has 3 heteroatoms. The second kappa shape index (κ2) is 14.2. The highest BCUT2D eigenvalue weighted by Gasteiger charge is 2.25. The zero-order valence-corrected chi connectivity index (χ0v) is 33.6. The second-order valence-electron chi connectivity index (χ2n) is 17.1. The Labute approximate surface area is 336 Å². The van der Waals surface area contributed by atoms with Crippen LogP contribution in [0.15, 0.2) is 176 Å². The predicted octanol–water partition coefficient (Wildman–Crippen LogP) is 14.5. The first-order valence-corrected chi connectivity index (χ1v) is 19.9. The van der Waals surface area contributed by atoms with Crippen molar-refractivity contribution in [2.45, 2.75) is 52.4 Å². The van der Waals surface area contributed by atoms with Gasteiger partial charge in [0.05, 0.1) is 28.1 Å². The Balaban J connectivity index is 1.41. The molecule has 2 heterocycles. The topological polar surface area (TPSA) is 30.7 Å². The van der Waals surface area contributed by atoms with Crippen molar-refractivity contribution in [2.75, 3.05) is 0 Å². The predicted molar refractivity (Wildman–Crippen MR) is 241 cm³/mol. The largest absolute Gasteiger partial charge is 0.308 e. The fourth-order valence-corrected chi connectivity index (χ4v) is 7.96. The maximum absolute atomic E-state index is 5.31. The normalized spacial score (nSPS) is 12.0. The van der Waals surface area contributed by atoms with Gasteiger partial charge in [0.15, 0.2) is 5.82 Å². The van der Waals surface area contributed by atoms with E-state index >= 15 is 0 Å². The molecule has 3 nitrogen and oxygen atoms in total. The highest BCUT2D eigenvalue weighted by Crippen LogP contribution is 2.45. The summed E-state index contributed by atoms with van der Waals surface area (Å²) in [6, 6.07) is 63.3. The van der Waals surface area contributed by atoms with Gasteiger partial charge in [0.1, 0.15) is 0 Å². The van der Waals surface area contributed by atoms with Gasteiger partial charge in [-0.25, -0.2) is 9.97 Å². The molecule has 0 aliphatic carbocycles. The van der Waals surface area contributed by atoms with Gasteiger partial charge in [-0.15, -0.1) is 0 Å². The average molecular weight is 738 g/mol. The molecule has 0 aliphatic heterocycles. The van der Waals surface area contributed by atoms with Gasteiger partial charge in [-0.05, 0) is 75.5 Å². The number of rotatable bonds is 6. The zero-order valence-electron chi connectivity index (χ0n) is 33.6. The molecule has 2 aromatic heterocycles. The highest BCUT2D eigenvalue weighted by molar-refractivity contribution is 6.11. The lowest BCUT2D eigenvalue weighted by Crippen LogP contribution is -2.10. The monoisotopic (exact) mass is 737 g/mol. The number of hydrogen-bond donors (Lipinski definition) is 0. The zero-order chi connectivity index (χ0) is 39.3. The number of aromatic nitrogens is 3. The molecule has 0 unspecified atom stereocenters. The van der Waals surface area contributed by atoms with Crippen LogP contribution in [0.25, 0.3) is 83.6 Å². The average Bonchev–Trinajstić information content (AvgIpc) is 3.56. The van der Waals surface area contributed by atoms with E-state index in [0.29, 0.717) is 5.82 Å². The maximum atomic E-state index is 5.31. The lowest BCUT2D eigenvalue weighted by Gasteiger charge is -2.22. The van der Waals surface area contributed by atoms with Crippen molar-refractivity contribution in [1.82, 2.24) is 14.5 Å². The highest BCUT2D eigenvalue weighted by atomic mass is 15.0. The molecule has 0 bridgehead atoms. The van der Waals surface area contributed by atoms with E-state index in [2.05, 4.69) is 198 Å². The molecule has 57 heavy (non-hydrogen) atoms. The van der Waals surface area contributed by atoms with Crippen LogP contribution in [0.1, 0.15) is 52.7 Å². The lowest BCUT2D eigenvalue weighted by atomic mass is 9.85. The fourth-order valence-electron chi connectivity index (χ4n) is 7.96. The SMILES string of the molecule is CC(C)(C)c1ccc2c(c1)c1cc(C(C)(C)C)ccc1n2-c1c(-c2ccccc2)cc(-c2cc(-c3ccccc3)nc(-c3ccccc3)n2)cc1-c1ccccc1. The third-order valence-corrected chi connectivity index (χ3v) is 11.1. The van der Waals surface area contributed by atoms with Crippen molar-refractivity contribution in [3.63, 3.8) is 0 Å². The number of nitrogens with zero attached hydrogens (tertiary/aromatic N) is 3. The van der Waals surface area contributed by atoms with Crippen molar-refractivity contribution in [3.05, 3.63) is 187 Å². The van der Waals surface area contributed by atoms with Crippen LogP contribution >= 0.6 is 0 Å². The molecule has 278 valence electrons. The van der Waals surface area contributed by atoms with Crippen molar-refractivity contribution in [2.24, 2.45) is 0 Å². The molecular weight excluding hydrogens is 691 g/mol. The third kappa shape index (κ3) is 6.84. The van der Waals surface area contributed by atoms with Gasteiger partial charge in [-0.3, -0.25) is 0 Å². The van der Waals surface area contributed by atoms with Crippen LogP contribution in [0.5, 0.6) is 0 Å². The Kier molecular flexibility index (Phi) is 8.97. The third-order valence-electron chi connectivity index (χ3n) is 11.1. The Bertz CT molecular complexity index is 2690. The van der Waals surface area contributed by atoms with Gasteiger partial charge in [0.25, 0.3) is 0 Å². The standard InChI is InChI=1S/C54H47N3/c1-53(2,3)41-27-29-49-45(33-41)46-34-42(54(4,5)6)28-30-50(46)57(49)51-43(36-19-11-7-12-20-36)31-40(32-44(51)37-21-13-8-14-22-37)48-35-47(38-23-15-9-16-24-38)55-52(56-48)39-25-17-10-18-26-39/h7-35H,1-6H3. The van der Waals surface area contributed by atoms with E-state index in [9.17, 15) is 0 Å². The van der Waals surface area contributed by atoms with Crippen LogP contribution < -0.4 is 0 Å². The summed E-state index contributed by atoms with van der Waals surface area (Å²) in [7, 11) is 0. The Morgan fingerprint density at radius 3 is 1.18 bits per heavy atom. The minimum Gasteiger partial charge on any atom is -0.308 e. The minimum absolute atomic E-state index is 0.00500. The number of hydrogen-bond acceptors (Lipinski definition) is 2. The quantitative estimate of drug-likeness (QED) is 0.170. The van der Waals surface area contributed by atoms with Gasteiger partial charge in [-0.2, -0.15) is 0 Å².